The third-order valence-corrected chi connectivity index (χ3v) is 5.52. The second-order valence-corrected chi connectivity index (χ2v) is 7.49. The second kappa shape index (κ2) is 9.06. The van der Waals surface area contributed by atoms with Gasteiger partial charge in [-0.05, 0) is 56.7 Å². The molecule has 2 aliphatic rings. The Bertz CT molecular complexity index is 617. The number of carbonyl (C=O) groups is 2. The molecule has 0 saturated carbocycles. The maximum Gasteiger partial charge on any atom is 0.227 e. The summed E-state index contributed by atoms with van der Waals surface area (Å²) in [7, 11) is 0. The van der Waals surface area contributed by atoms with Crippen LogP contribution in [0.2, 0.25) is 0 Å². The lowest BCUT2D eigenvalue weighted by Crippen LogP contribution is -2.41. The number of carbonyl (C=O) groups excluding carboxylic acids is 2. The molecule has 3 rings (SSSR count). The zero-order valence-corrected chi connectivity index (χ0v) is 15.9. The van der Waals surface area contributed by atoms with Crippen LogP contribution in [-0.2, 0) is 9.59 Å². The molecule has 26 heavy (non-hydrogen) atoms. The summed E-state index contributed by atoms with van der Waals surface area (Å²) in [6.45, 7) is 5.62. The Morgan fingerprint density at radius 1 is 1.08 bits per heavy atom. The van der Waals surface area contributed by atoms with Crippen LogP contribution in [0.1, 0.15) is 51.9 Å². The Morgan fingerprint density at radius 3 is 2.50 bits per heavy atom. The number of likely N-dealkylation sites (tertiary alicyclic amines) is 1. The summed E-state index contributed by atoms with van der Waals surface area (Å²) < 4.78 is 0. The number of rotatable bonds is 5. The third-order valence-electron chi connectivity index (χ3n) is 5.52. The highest BCUT2D eigenvalue weighted by atomic mass is 16.2. The largest absolute Gasteiger partial charge is 0.371 e. The Labute approximate surface area is 156 Å². The van der Waals surface area contributed by atoms with Crippen LogP contribution in [0.25, 0.3) is 0 Å². The molecule has 142 valence electrons. The third kappa shape index (κ3) is 4.77. The van der Waals surface area contributed by atoms with E-state index in [1.165, 1.54) is 24.9 Å². The van der Waals surface area contributed by atoms with Gasteiger partial charge in [-0.25, -0.2) is 0 Å². The van der Waals surface area contributed by atoms with Gasteiger partial charge in [0.2, 0.25) is 11.8 Å². The van der Waals surface area contributed by atoms with Crippen LogP contribution in [0.4, 0.5) is 11.4 Å². The molecule has 0 bridgehead atoms. The fourth-order valence-corrected chi connectivity index (χ4v) is 3.94. The first-order valence-electron chi connectivity index (χ1n) is 10.1. The van der Waals surface area contributed by atoms with Crippen molar-refractivity contribution in [2.24, 2.45) is 5.92 Å². The SMILES string of the molecule is CCCC(=O)N1CCC(C(=O)Nc2cccc(N3CCCCC3)c2)CC1. The van der Waals surface area contributed by atoms with Gasteiger partial charge in [0.15, 0.2) is 0 Å². The van der Waals surface area contributed by atoms with Crippen molar-refractivity contribution in [1.29, 1.82) is 0 Å². The minimum absolute atomic E-state index is 0.000630. The molecule has 0 aliphatic carbocycles. The van der Waals surface area contributed by atoms with Crippen LogP contribution < -0.4 is 10.2 Å². The van der Waals surface area contributed by atoms with Gasteiger partial charge in [0, 0.05) is 49.9 Å². The van der Waals surface area contributed by atoms with Gasteiger partial charge in [-0.2, -0.15) is 0 Å². The van der Waals surface area contributed by atoms with Crippen LogP contribution in [0, 0.1) is 5.92 Å². The molecule has 1 N–H and O–H groups in total. The normalized spacial score (nSPS) is 18.7. The van der Waals surface area contributed by atoms with Gasteiger partial charge in [-0.15, -0.1) is 0 Å². The van der Waals surface area contributed by atoms with E-state index in [4.69, 9.17) is 0 Å². The van der Waals surface area contributed by atoms with Crippen LogP contribution in [0.3, 0.4) is 0 Å². The van der Waals surface area contributed by atoms with Gasteiger partial charge in [0.05, 0.1) is 0 Å². The fourth-order valence-electron chi connectivity index (χ4n) is 3.94. The van der Waals surface area contributed by atoms with Gasteiger partial charge in [0.25, 0.3) is 0 Å². The maximum absolute atomic E-state index is 12.6. The predicted molar refractivity (Wildman–Crippen MR) is 105 cm³/mol. The summed E-state index contributed by atoms with van der Waals surface area (Å²) in [5, 5.41) is 3.09. The van der Waals surface area contributed by atoms with E-state index >= 15 is 0 Å². The monoisotopic (exact) mass is 357 g/mol. The second-order valence-electron chi connectivity index (χ2n) is 7.49. The van der Waals surface area contributed by atoms with Crippen molar-refractivity contribution in [1.82, 2.24) is 4.90 Å². The molecule has 1 aromatic carbocycles. The molecule has 2 amide bonds. The summed E-state index contributed by atoms with van der Waals surface area (Å²) in [5.74, 6) is 0.309. The zero-order chi connectivity index (χ0) is 18.4. The van der Waals surface area contributed by atoms with Crippen molar-refractivity contribution >= 4 is 23.2 Å². The highest BCUT2D eigenvalue weighted by molar-refractivity contribution is 5.93. The number of hydrogen-bond acceptors (Lipinski definition) is 3. The summed E-state index contributed by atoms with van der Waals surface area (Å²) in [6.07, 6.45) is 6.80. The number of anilines is 2. The number of benzene rings is 1. The molecular weight excluding hydrogens is 326 g/mol. The molecule has 2 aliphatic heterocycles. The van der Waals surface area contributed by atoms with Crippen molar-refractivity contribution in [2.45, 2.75) is 51.9 Å². The molecular formula is C21H31N3O2. The number of amides is 2. The van der Waals surface area contributed by atoms with Gasteiger partial charge >= 0.3 is 0 Å². The lowest BCUT2D eigenvalue weighted by atomic mass is 9.95. The summed E-state index contributed by atoms with van der Waals surface area (Å²) in [4.78, 5) is 28.9. The molecule has 0 unspecified atom stereocenters. The zero-order valence-electron chi connectivity index (χ0n) is 15.9. The van der Waals surface area contributed by atoms with E-state index in [2.05, 4.69) is 22.3 Å². The Kier molecular flexibility index (Phi) is 6.53. The molecule has 1 aromatic rings. The van der Waals surface area contributed by atoms with E-state index in [0.717, 1.165) is 38.0 Å². The number of nitrogens with one attached hydrogen (secondary N) is 1. The first-order valence-corrected chi connectivity index (χ1v) is 10.1. The van der Waals surface area contributed by atoms with Crippen molar-refractivity contribution in [3.63, 3.8) is 0 Å². The van der Waals surface area contributed by atoms with Crippen LogP contribution in [0.15, 0.2) is 24.3 Å². The van der Waals surface area contributed by atoms with Crippen LogP contribution in [0.5, 0.6) is 0 Å². The predicted octanol–water partition coefficient (Wildman–Crippen LogP) is 3.65. The van der Waals surface area contributed by atoms with Crippen molar-refractivity contribution in [3.8, 4) is 0 Å². The van der Waals surface area contributed by atoms with Crippen LogP contribution >= 0.6 is 0 Å². The van der Waals surface area contributed by atoms with E-state index in [0.29, 0.717) is 19.5 Å². The Balaban J connectivity index is 1.53. The average molecular weight is 357 g/mol. The summed E-state index contributed by atoms with van der Waals surface area (Å²) in [5.41, 5.74) is 2.07. The van der Waals surface area contributed by atoms with Gasteiger partial charge < -0.3 is 15.1 Å². The minimum Gasteiger partial charge on any atom is -0.371 e. The Hall–Kier alpha value is -2.04. The van der Waals surface area contributed by atoms with Gasteiger partial charge in [0.1, 0.15) is 0 Å². The highest BCUT2D eigenvalue weighted by Crippen LogP contribution is 2.25. The first-order chi connectivity index (χ1) is 12.7. The molecule has 0 aromatic heterocycles. The molecule has 2 fully saturated rings. The van der Waals surface area contributed by atoms with Crippen molar-refractivity contribution in [3.05, 3.63) is 24.3 Å². The average Bonchev–Trinajstić information content (AvgIpc) is 2.69. The number of piperidine rings is 2. The van der Waals surface area contributed by atoms with Gasteiger partial charge in [-0.3, -0.25) is 9.59 Å². The molecule has 0 spiro atoms. The molecule has 2 heterocycles. The molecule has 2 saturated heterocycles. The molecule has 0 radical (unpaired) electrons. The van der Waals surface area contributed by atoms with Crippen molar-refractivity contribution in [2.75, 3.05) is 36.4 Å². The van der Waals surface area contributed by atoms with E-state index in [1.54, 1.807) is 0 Å². The standard InChI is InChI=1S/C21H31N3O2/c1-2-7-20(25)24-14-10-17(11-15-24)21(26)22-18-8-6-9-19(16-18)23-12-4-3-5-13-23/h6,8-9,16-17H,2-5,7,10-15H2,1H3,(H,22,26). The van der Waals surface area contributed by atoms with Crippen molar-refractivity contribution < 1.29 is 9.59 Å². The Morgan fingerprint density at radius 2 is 1.81 bits per heavy atom. The maximum atomic E-state index is 12.6. The minimum atomic E-state index is -0.000630. The first kappa shape index (κ1) is 18.7. The van der Waals surface area contributed by atoms with Gasteiger partial charge in [-0.1, -0.05) is 13.0 Å². The smallest absolute Gasteiger partial charge is 0.227 e. The highest BCUT2D eigenvalue weighted by Gasteiger charge is 2.27. The summed E-state index contributed by atoms with van der Waals surface area (Å²) in [6, 6.07) is 8.19. The quantitative estimate of drug-likeness (QED) is 0.875. The number of nitrogens with zero attached hydrogens (tertiary/aromatic N) is 2. The fraction of sp³-hybridized carbons (Fsp3) is 0.619. The molecule has 0 atom stereocenters. The topological polar surface area (TPSA) is 52.7 Å². The number of hydrogen-bond donors (Lipinski definition) is 1. The summed E-state index contributed by atoms with van der Waals surface area (Å²) >= 11 is 0. The lowest BCUT2D eigenvalue weighted by molar-refractivity contribution is -0.134. The van der Waals surface area contributed by atoms with E-state index in [-0.39, 0.29) is 17.7 Å². The molecule has 5 heteroatoms. The van der Waals surface area contributed by atoms with Crippen LogP contribution in [-0.4, -0.2) is 42.9 Å². The van der Waals surface area contributed by atoms with E-state index in [1.807, 2.05) is 24.0 Å². The van der Waals surface area contributed by atoms with E-state index in [9.17, 15) is 9.59 Å². The van der Waals surface area contributed by atoms with E-state index < -0.39 is 0 Å². The molecule has 5 nitrogen and oxygen atoms in total. The lowest BCUT2D eigenvalue weighted by Gasteiger charge is -2.31.